The zero-order valence-electron chi connectivity index (χ0n) is 13.0. The van der Waals surface area contributed by atoms with E-state index < -0.39 is 16.1 Å². The monoisotopic (exact) mass is 344 g/mol. The van der Waals surface area contributed by atoms with Gasteiger partial charge in [-0.05, 0) is 30.3 Å². The molecule has 2 aromatic carbocycles. The van der Waals surface area contributed by atoms with Crippen molar-refractivity contribution in [2.45, 2.75) is 11.0 Å². The second-order valence-corrected chi connectivity index (χ2v) is 7.47. The van der Waals surface area contributed by atoms with Crippen molar-refractivity contribution >= 4 is 10.0 Å². The molecule has 1 aliphatic rings. The number of nitriles is 1. The van der Waals surface area contributed by atoms with Crippen molar-refractivity contribution in [3.8, 4) is 17.6 Å². The first-order valence-electron chi connectivity index (χ1n) is 7.35. The lowest BCUT2D eigenvalue weighted by atomic mass is 10.2. The first kappa shape index (κ1) is 16.3. The van der Waals surface area contributed by atoms with E-state index in [-0.39, 0.29) is 18.0 Å². The van der Waals surface area contributed by atoms with Crippen molar-refractivity contribution in [1.29, 1.82) is 5.26 Å². The normalized spacial score (nSPS) is 16.6. The van der Waals surface area contributed by atoms with Gasteiger partial charge in [0, 0.05) is 7.05 Å². The summed E-state index contributed by atoms with van der Waals surface area (Å²) in [6.45, 7) is 0.419. The van der Waals surface area contributed by atoms with E-state index in [0.29, 0.717) is 17.1 Å². The highest BCUT2D eigenvalue weighted by Crippen LogP contribution is 2.31. The predicted octanol–water partition coefficient (Wildman–Crippen LogP) is 2.02. The number of benzene rings is 2. The Labute approximate surface area is 140 Å². The first-order chi connectivity index (χ1) is 11.5. The smallest absolute Gasteiger partial charge is 0.242 e. The van der Waals surface area contributed by atoms with Gasteiger partial charge in [-0.25, -0.2) is 8.42 Å². The van der Waals surface area contributed by atoms with Gasteiger partial charge in [-0.2, -0.15) is 9.57 Å². The van der Waals surface area contributed by atoms with Gasteiger partial charge >= 0.3 is 0 Å². The Balaban J connectivity index is 1.75. The third-order valence-corrected chi connectivity index (χ3v) is 5.52. The van der Waals surface area contributed by atoms with Crippen molar-refractivity contribution in [1.82, 2.24) is 4.31 Å². The molecule has 3 rings (SSSR count). The molecule has 1 aliphatic heterocycles. The summed E-state index contributed by atoms with van der Waals surface area (Å²) in [5.74, 6) is 1.26. The molecule has 6 nitrogen and oxygen atoms in total. The van der Waals surface area contributed by atoms with Crippen LogP contribution in [0.3, 0.4) is 0 Å². The molecule has 0 N–H and O–H groups in total. The van der Waals surface area contributed by atoms with Crippen molar-refractivity contribution < 1.29 is 17.9 Å². The number of para-hydroxylation sites is 2. The molecule has 0 aliphatic carbocycles. The summed E-state index contributed by atoms with van der Waals surface area (Å²) in [6.07, 6.45) is -0.404. The van der Waals surface area contributed by atoms with Gasteiger partial charge in [-0.3, -0.25) is 0 Å². The van der Waals surface area contributed by atoms with E-state index in [1.165, 1.54) is 23.5 Å². The van der Waals surface area contributed by atoms with Crippen LogP contribution in [0, 0.1) is 11.3 Å². The van der Waals surface area contributed by atoms with Gasteiger partial charge < -0.3 is 9.47 Å². The van der Waals surface area contributed by atoms with E-state index >= 15 is 0 Å². The molecule has 0 bridgehead atoms. The molecule has 1 heterocycles. The molecule has 0 saturated carbocycles. The average Bonchev–Trinajstić information content (AvgIpc) is 2.61. The minimum Gasteiger partial charge on any atom is -0.486 e. The summed E-state index contributed by atoms with van der Waals surface area (Å²) in [6, 6.07) is 15.2. The molecule has 24 heavy (non-hydrogen) atoms. The van der Waals surface area contributed by atoms with E-state index in [2.05, 4.69) is 0 Å². The molecule has 0 amide bonds. The molecule has 0 fully saturated rings. The van der Waals surface area contributed by atoms with Crippen molar-refractivity contribution in [3.63, 3.8) is 0 Å². The molecule has 7 heteroatoms. The quantitative estimate of drug-likeness (QED) is 0.848. The van der Waals surface area contributed by atoms with Crippen LogP contribution < -0.4 is 9.47 Å². The summed E-state index contributed by atoms with van der Waals surface area (Å²) in [5.41, 5.74) is 0.302. The van der Waals surface area contributed by atoms with E-state index in [0.717, 1.165) is 0 Å². The number of sulfonamides is 1. The van der Waals surface area contributed by atoms with Crippen LogP contribution in [0.15, 0.2) is 53.4 Å². The number of ether oxygens (including phenoxy) is 2. The van der Waals surface area contributed by atoms with E-state index in [1.807, 2.05) is 18.2 Å². The fourth-order valence-corrected chi connectivity index (χ4v) is 3.69. The minimum absolute atomic E-state index is 0.0844. The number of fused-ring (bicyclic) bond motifs is 1. The van der Waals surface area contributed by atoms with Crippen molar-refractivity contribution in [3.05, 3.63) is 54.1 Å². The second-order valence-electron chi connectivity index (χ2n) is 5.42. The van der Waals surface area contributed by atoms with Crippen LogP contribution in [0.5, 0.6) is 11.5 Å². The Kier molecular flexibility index (Phi) is 4.42. The number of nitrogens with zero attached hydrogens (tertiary/aromatic N) is 2. The van der Waals surface area contributed by atoms with Gasteiger partial charge in [0.25, 0.3) is 0 Å². The molecule has 0 aromatic heterocycles. The summed E-state index contributed by atoms with van der Waals surface area (Å²) >= 11 is 0. The predicted molar refractivity (Wildman–Crippen MR) is 87.3 cm³/mol. The Bertz CT molecular complexity index is 889. The Hall–Kier alpha value is -2.56. The lowest BCUT2D eigenvalue weighted by Crippen LogP contribution is -2.41. The van der Waals surface area contributed by atoms with Crippen LogP contribution in [0.1, 0.15) is 5.56 Å². The highest BCUT2D eigenvalue weighted by molar-refractivity contribution is 7.89. The summed E-state index contributed by atoms with van der Waals surface area (Å²) in [5, 5.41) is 8.93. The third-order valence-electron chi connectivity index (χ3n) is 3.70. The highest BCUT2D eigenvalue weighted by Gasteiger charge is 2.28. The van der Waals surface area contributed by atoms with Gasteiger partial charge in [-0.15, -0.1) is 0 Å². The van der Waals surface area contributed by atoms with Gasteiger partial charge in [0.2, 0.25) is 10.0 Å². The topological polar surface area (TPSA) is 79.6 Å². The van der Waals surface area contributed by atoms with E-state index in [1.54, 1.807) is 24.3 Å². The molecule has 1 atom stereocenters. The summed E-state index contributed by atoms with van der Waals surface area (Å²) in [4.78, 5) is 0.0844. The fourth-order valence-electron chi connectivity index (χ4n) is 2.44. The van der Waals surface area contributed by atoms with Crippen molar-refractivity contribution in [2.24, 2.45) is 0 Å². The van der Waals surface area contributed by atoms with Crippen LogP contribution in [0.4, 0.5) is 0 Å². The van der Waals surface area contributed by atoms with Gasteiger partial charge in [-0.1, -0.05) is 18.2 Å². The van der Waals surface area contributed by atoms with E-state index in [4.69, 9.17) is 14.7 Å². The number of hydrogen-bond acceptors (Lipinski definition) is 5. The highest BCUT2D eigenvalue weighted by atomic mass is 32.2. The Morgan fingerprint density at radius 3 is 2.71 bits per heavy atom. The number of likely N-dealkylation sites (N-methyl/N-ethyl adjacent to an activating group) is 1. The molecular weight excluding hydrogens is 328 g/mol. The number of rotatable bonds is 4. The van der Waals surface area contributed by atoms with Gasteiger partial charge in [0.1, 0.15) is 12.7 Å². The summed E-state index contributed by atoms with van der Waals surface area (Å²) in [7, 11) is -2.22. The average molecular weight is 344 g/mol. The van der Waals surface area contributed by atoms with Gasteiger partial charge in [0.05, 0.1) is 23.1 Å². The molecule has 0 radical (unpaired) electrons. The van der Waals surface area contributed by atoms with Crippen LogP contribution in [-0.4, -0.2) is 39.0 Å². The third kappa shape index (κ3) is 3.20. The van der Waals surface area contributed by atoms with E-state index in [9.17, 15) is 8.42 Å². The minimum atomic E-state index is -3.70. The molecule has 2 aromatic rings. The molecule has 124 valence electrons. The molecule has 1 unspecified atom stereocenters. The van der Waals surface area contributed by atoms with Crippen LogP contribution >= 0.6 is 0 Å². The Morgan fingerprint density at radius 1 is 1.21 bits per heavy atom. The first-order valence-corrected chi connectivity index (χ1v) is 8.79. The van der Waals surface area contributed by atoms with Crippen LogP contribution in [0.2, 0.25) is 0 Å². The zero-order chi connectivity index (χ0) is 17.2. The lowest BCUT2D eigenvalue weighted by Gasteiger charge is -2.29. The number of hydrogen-bond donors (Lipinski definition) is 0. The standard InChI is InChI=1S/C17H16N2O4S/c1-19(24(20,21)15-6-4-5-13(9-15)10-18)11-14-12-22-16-7-2-3-8-17(16)23-14/h2-9,14H,11-12H2,1H3. The maximum atomic E-state index is 12.6. The lowest BCUT2D eigenvalue weighted by molar-refractivity contribution is 0.0798. The van der Waals surface area contributed by atoms with Crippen LogP contribution in [-0.2, 0) is 10.0 Å². The van der Waals surface area contributed by atoms with Gasteiger partial charge in [0.15, 0.2) is 11.5 Å². The molecule has 0 spiro atoms. The zero-order valence-corrected chi connectivity index (χ0v) is 13.9. The summed E-state index contributed by atoms with van der Waals surface area (Å²) < 4.78 is 37.9. The maximum Gasteiger partial charge on any atom is 0.242 e. The van der Waals surface area contributed by atoms with Crippen LogP contribution in [0.25, 0.3) is 0 Å². The SMILES string of the molecule is CN(CC1COc2ccccc2O1)S(=O)(=O)c1cccc(C#N)c1. The van der Waals surface area contributed by atoms with Crippen molar-refractivity contribution in [2.75, 3.05) is 20.2 Å². The largest absolute Gasteiger partial charge is 0.486 e. The Morgan fingerprint density at radius 2 is 1.96 bits per heavy atom. The second kappa shape index (κ2) is 6.51. The molecule has 0 saturated heterocycles. The maximum absolute atomic E-state index is 12.6. The molecular formula is C17H16N2O4S. The fraction of sp³-hybridized carbons (Fsp3) is 0.235.